The van der Waals surface area contributed by atoms with E-state index in [4.69, 9.17) is 9.47 Å². The summed E-state index contributed by atoms with van der Waals surface area (Å²) in [6.07, 6.45) is 2.15. The molecule has 204 valence electrons. The van der Waals surface area contributed by atoms with Gasteiger partial charge in [-0.05, 0) is 103 Å². The van der Waals surface area contributed by atoms with Gasteiger partial charge >= 0.3 is 5.97 Å². The lowest BCUT2D eigenvalue weighted by atomic mass is 9.95. The summed E-state index contributed by atoms with van der Waals surface area (Å²) in [5.41, 5.74) is 9.66. The maximum Gasteiger partial charge on any atom is 0.308 e. The molecule has 0 amide bonds. The first-order valence-corrected chi connectivity index (χ1v) is 13.6. The first-order chi connectivity index (χ1) is 19.9. The molecule has 0 radical (unpaired) electrons. The fourth-order valence-corrected chi connectivity index (χ4v) is 4.74. The molecule has 0 aliphatic carbocycles. The van der Waals surface area contributed by atoms with Gasteiger partial charge in [-0.2, -0.15) is 0 Å². The number of rotatable bonds is 8. The molecule has 5 aromatic carbocycles. The third-order valence-electron chi connectivity index (χ3n) is 6.83. The predicted octanol–water partition coefficient (Wildman–Crippen LogP) is 9.30. The Hall–Kier alpha value is -5.09. The molecule has 0 aliphatic rings. The number of hydrogen-bond donors (Lipinski definition) is 0. The maximum atomic E-state index is 11.6. The summed E-state index contributed by atoms with van der Waals surface area (Å²) in [5.74, 6) is 0.925. The molecule has 0 fully saturated rings. The van der Waals surface area contributed by atoms with E-state index >= 15 is 0 Å². The minimum Gasteiger partial charge on any atom is -0.497 e. The van der Waals surface area contributed by atoms with Crippen molar-refractivity contribution in [1.82, 2.24) is 0 Å². The summed E-state index contributed by atoms with van der Waals surface area (Å²) in [6, 6.07) is 41.2. The number of anilines is 3. The first kappa shape index (κ1) is 27.5. The molecular formula is C37H33NO3. The van der Waals surface area contributed by atoms with Crippen LogP contribution in [-0.2, 0) is 4.79 Å². The van der Waals surface area contributed by atoms with E-state index in [0.717, 1.165) is 45.1 Å². The van der Waals surface area contributed by atoms with Gasteiger partial charge in [0.05, 0.1) is 7.11 Å². The minimum absolute atomic E-state index is 0.351. The predicted molar refractivity (Wildman–Crippen MR) is 168 cm³/mol. The highest BCUT2D eigenvalue weighted by molar-refractivity contribution is 5.92. The van der Waals surface area contributed by atoms with Crippen molar-refractivity contribution in [3.63, 3.8) is 0 Å². The number of hydrogen-bond acceptors (Lipinski definition) is 4. The number of esters is 1. The van der Waals surface area contributed by atoms with E-state index in [2.05, 4.69) is 104 Å². The van der Waals surface area contributed by atoms with Crippen LogP contribution in [-0.4, -0.2) is 13.1 Å². The number of aryl methyl sites for hydroxylation is 2. The zero-order valence-corrected chi connectivity index (χ0v) is 23.8. The summed E-state index contributed by atoms with van der Waals surface area (Å²) in [5, 5.41) is 0. The summed E-state index contributed by atoms with van der Waals surface area (Å²) in [4.78, 5) is 13.9. The van der Waals surface area contributed by atoms with Gasteiger partial charge in [0.25, 0.3) is 0 Å². The second-order valence-electron chi connectivity index (χ2n) is 10.0. The topological polar surface area (TPSA) is 38.8 Å². The van der Waals surface area contributed by atoms with Crippen molar-refractivity contribution >= 4 is 34.7 Å². The van der Waals surface area contributed by atoms with E-state index in [-0.39, 0.29) is 5.97 Å². The van der Waals surface area contributed by atoms with Crippen molar-refractivity contribution in [2.75, 3.05) is 12.0 Å². The summed E-state index contributed by atoms with van der Waals surface area (Å²) >= 11 is 0. The van der Waals surface area contributed by atoms with E-state index in [0.29, 0.717) is 5.75 Å². The molecule has 0 saturated carbocycles. The molecule has 0 spiro atoms. The molecule has 5 aromatic rings. The number of nitrogens with zero attached hydrogens (tertiary/aromatic N) is 1. The second-order valence-corrected chi connectivity index (χ2v) is 10.0. The second kappa shape index (κ2) is 12.4. The van der Waals surface area contributed by atoms with Gasteiger partial charge < -0.3 is 14.4 Å². The lowest BCUT2D eigenvalue weighted by Crippen LogP contribution is -2.09. The molecule has 0 N–H and O–H groups in total. The number of carbonyl (C=O) groups excluding carboxylic acids is 1. The number of benzene rings is 5. The maximum absolute atomic E-state index is 11.6. The van der Waals surface area contributed by atoms with Crippen LogP contribution in [0.2, 0.25) is 0 Å². The Kier molecular flexibility index (Phi) is 8.31. The van der Waals surface area contributed by atoms with Crippen LogP contribution >= 0.6 is 0 Å². The SMILES string of the molecule is COc1cccc(/C(=C/c2ccc(N(c3ccc(C)cc3)c3ccc(C)cc3)cc2)c2cccc(OC(C)=O)c2)c1. The van der Waals surface area contributed by atoms with Gasteiger partial charge in [0.15, 0.2) is 0 Å². The summed E-state index contributed by atoms with van der Waals surface area (Å²) in [7, 11) is 1.66. The monoisotopic (exact) mass is 539 g/mol. The van der Waals surface area contributed by atoms with Gasteiger partial charge in [0.1, 0.15) is 11.5 Å². The Morgan fingerprint density at radius 3 is 1.59 bits per heavy atom. The van der Waals surface area contributed by atoms with Crippen LogP contribution in [0, 0.1) is 13.8 Å². The van der Waals surface area contributed by atoms with Crippen molar-refractivity contribution in [2.45, 2.75) is 20.8 Å². The fraction of sp³-hybridized carbons (Fsp3) is 0.108. The van der Waals surface area contributed by atoms with Crippen molar-refractivity contribution in [1.29, 1.82) is 0 Å². The van der Waals surface area contributed by atoms with Crippen LogP contribution in [0.25, 0.3) is 11.6 Å². The van der Waals surface area contributed by atoms with Gasteiger partial charge in [-0.15, -0.1) is 0 Å². The molecule has 0 unspecified atom stereocenters. The van der Waals surface area contributed by atoms with E-state index < -0.39 is 0 Å². The summed E-state index contributed by atoms with van der Waals surface area (Å²) in [6.45, 7) is 5.61. The van der Waals surface area contributed by atoms with E-state index in [1.807, 2.05) is 36.4 Å². The van der Waals surface area contributed by atoms with Crippen LogP contribution in [0.1, 0.15) is 34.7 Å². The smallest absolute Gasteiger partial charge is 0.308 e. The van der Waals surface area contributed by atoms with E-state index in [1.54, 1.807) is 13.2 Å². The van der Waals surface area contributed by atoms with Crippen molar-refractivity contribution < 1.29 is 14.3 Å². The summed E-state index contributed by atoms with van der Waals surface area (Å²) < 4.78 is 10.9. The standard InChI is InChI=1S/C37H33NO3/c1-26-11-17-32(18-12-26)38(33-19-13-27(2)14-20-33)34-21-15-29(16-22-34)23-37(30-7-5-9-35(24-30)40-4)31-8-6-10-36(25-31)41-28(3)39/h5-25H,1-4H3/b37-23-. The van der Waals surface area contributed by atoms with Crippen LogP contribution < -0.4 is 14.4 Å². The lowest BCUT2D eigenvalue weighted by molar-refractivity contribution is -0.131. The van der Waals surface area contributed by atoms with E-state index in [9.17, 15) is 4.79 Å². The zero-order valence-electron chi connectivity index (χ0n) is 23.8. The largest absolute Gasteiger partial charge is 0.497 e. The molecule has 0 bridgehead atoms. The third kappa shape index (κ3) is 6.74. The highest BCUT2D eigenvalue weighted by Crippen LogP contribution is 2.36. The highest BCUT2D eigenvalue weighted by atomic mass is 16.5. The Bertz CT molecular complexity index is 1620. The number of ether oxygens (including phenoxy) is 2. The molecule has 4 nitrogen and oxygen atoms in total. The van der Waals surface area contributed by atoms with Crippen LogP contribution in [0.5, 0.6) is 11.5 Å². The van der Waals surface area contributed by atoms with Gasteiger partial charge in [-0.3, -0.25) is 4.79 Å². The Balaban J connectivity index is 1.57. The normalized spacial score (nSPS) is 11.2. The molecule has 5 rings (SSSR count). The van der Waals surface area contributed by atoms with Gasteiger partial charge in [-0.25, -0.2) is 0 Å². The fourth-order valence-electron chi connectivity index (χ4n) is 4.74. The molecule has 0 atom stereocenters. The van der Waals surface area contributed by atoms with Gasteiger partial charge in [0.2, 0.25) is 0 Å². The molecule has 41 heavy (non-hydrogen) atoms. The average molecular weight is 540 g/mol. The lowest BCUT2D eigenvalue weighted by Gasteiger charge is -2.26. The molecule has 0 aliphatic heterocycles. The molecular weight excluding hydrogens is 506 g/mol. The van der Waals surface area contributed by atoms with Gasteiger partial charge in [-0.1, -0.05) is 71.8 Å². The Morgan fingerprint density at radius 2 is 1.10 bits per heavy atom. The van der Waals surface area contributed by atoms with Crippen LogP contribution in [0.3, 0.4) is 0 Å². The Labute approximate surface area is 242 Å². The molecule has 4 heteroatoms. The highest BCUT2D eigenvalue weighted by Gasteiger charge is 2.13. The van der Waals surface area contributed by atoms with Crippen molar-refractivity contribution in [2.24, 2.45) is 0 Å². The first-order valence-electron chi connectivity index (χ1n) is 13.6. The van der Waals surface area contributed by atoms with E-state index in [1.165, 1.54) is 18.1 Å². The molecule has 0 saturated heterocycles. The molecule has 0 aromatic heterocycles. The third-order valence-corrected chi connectivity index (χ3v) is 6.83. The van der Waals surface area contributed by atoms with Crippen molar-refractivity contribution in [3.8, 4) is 11.5 Å². The Morgan fingerprint density at radius 1 is 0.634 bits per heavy atom. The van der Waals surface area contributed by atoms with Gasteiger partial charge in [0, 0.05) is 24.0 Å². The van der Waals surface area contributed by atoms with Crippen LogP contribution in [0.15, 0.2) is 121 Å². The minimum atomic E-state index is -0.351. The zero-order chi connectivity index (χ0) is 28.8. The molecule has 0 heterocycles. The number of methoxy groups -OCH3 is 1. The average Bonchev–Trinajstić information content (AvgIpc) is 2.98. The quantitative estimate of drug-likeness (QED) is 0.112. The van der Waals surface area contributed by atoms with Crippen LogP contribution in [0.4, 0.5) is 17.1 Å². The number of carbonyl (C=O) groups is 1. The van der Waals surface area contributed by atoms with Crippen molar-refractivity contribution in [3.05, 3.63) is 149 Å².